The predicted molar refractivity (Wildman–Crippen MR) is 233 cm³/mol. The van der Waals surface area contributed by atoms with Gasteiger partial charge in [-0.05, 0) is 44.9 Å². The Bertz CT molecular complexity index is 953. The highest BCUT2D eigenvalue weighted by Gasteiger charge is 2.23. The highest BCUT2D eigenvalue weighted by Crippen LogP contribution is 2.38. The molecule has 0 radical (unpaired) electrons. The van der Waals surface area contributed by atoms with Crippen LogP contribution in [0.15, 0.2) is 24.3 Å². The lowest BCUT2D eigenvalue weighted by atomic mass is 10.0. The van der Waals surface area contributed by atoms with E-state index in [-0.39, 0.29) is 19.1 Å². The molecule has 55 heavy (non-hydrogen) atoms. The first-order valence-electron chi connectivity index (χ1n) is 23.2. The SMILES string of the molecule is CCCCCCCCCCCC/C=C\CCCCCCCCCC(=O)NC(COP(=O)([O-])OCC[N+](C)(C)C)C(O)/C=C/CCCCCCCCCCCC. The van der Waals surface area contributed by atoms with Crippen LogP contribution in [0, 0.1) is 0 Å². The molecule has 0 aliphatic heterocycles. The molecule has 0 aromatic heterocycles. The van der Waals surface area contributed by atoms with Crippen LogP contribution in [0.25, 0.3) is 0 Å². The van der Waals surface area contributed by atoms with Crippen molar-refractivity contribution in [3.63, 3.8) is 0 Å². The number of carbonyl (C=O) groups is 1. The van der Waals surface area contributed by atoms with Crippen molar-refractivity contribution in [2.75, 3.05) is 40.9 Å². The molecular formula is C46H91N2O6P. The van der Waals surface area contributed by atoms with Crippen LogP contribution in [0.5, 0.6) is 0 Å². The summed E-state index contributed by atoms with van der Waals surface area (Å²) in [7, 11) is 1.26. The number of hydrogen-bond donors (Lipinski definition) is 2. The average Bonchev–Trinajstić information content (AvgIpc) is 3.13. The molecule has 0 bridgehead atoms. The molecule has 0 aliphatic rings. The van der Waals surface area contributed by atoms with Crippen LogP contribution in [-0.4, -0.2) is 68.5 Å². The first-order chi connectivity index (χ1) is 26.5. The minimum absolute atomic E-state index is 0.000852. The second-order valence-electron chi connectivity index (χ2n) is 17.1. The van der Waals surface area contributed by atoms with Crippen molar-refractivity contribution in [1.82, 2.24) is 5.32 Å². The molecule has 3 unspecified atom stereocenters. The van der Waals surface area contributed by atoms with E-state index < -0.39 is 20.0 Å². The van der Waals surface area contributed by atoms with Crippen molar-refractivity contribution in [1.29, 1.82) is 0 Å². The summed E-state index contributed by atoms with van der Waals surface area (Å²) >= 11 is 0. The number of unbranched alkanes of at least 4 members (excludes halogenated alkanes) is 27. The van der Waals surface area contributed by atoms with Crippen LogP contribution in [0.3, 0.4) is 0 Å². The summed E-state index contributed by atoms with van der Waals surface area (Å²) in [5.74, 6) is -0.202. The van der Waals surface area contributed by atoms with Gasteiger partial charge in [-0.2, -0.15) is 0 Å². The zero-order valence-electron chi connectivity index (χ0n) is 36.9. The number of phosphoric ester groups is 1. The fourth-order valence-electron chi connectivity index (χ4n) is 6.68. The number of rotatable bonds is 42. The van der Waals surface area contributed by atoms with Crippen LogP contribution >= 0.6 is 7.82 Å². The molecule has 0 aliphatic carbocycles. The van der Waals surface area contributed by atoms with Crippen LogP contribution in [-0.2, 0) is 18.4 Å². The summed E-state index contributed by atoms with van der Waals surface area (Å²) in [4.78, 5) is 25.3. The Hall–Kier alpha value is -1.02. The molecule has 0 rings (SSSR count). The minimum Gasteiger partial charge on any atom is -0.756 e. The first-order valence-corrected chi connectivity index (χ1v) is 24.7. The number of carbonyl (C=O) groups excluding carboxylic acids is 1. The highest BCUT2D eigenvalue weighted by molar-refractivity contribution is 7.45. The largest absolute Gasteiger partial charge is 0.756 e. The number of hydrogen-bond acceptors (Lipinski definition) is 6. The molecule has 0 heterocycles. The van der Waals surface area contributed by atoms with Crippen molar-refractivity contribution in [2.24, 2.45) is 0 Å². The maximum atomic E-state index is 12.9. The molecule has 8 nitrogen and oxygen atoms in total. The second-order valence-corrected chi connectivity index (χ2v) is 18.5. The van der Waals surface area contributed by atoms with Gasteiger partial charge in [-0.1, -0.05) is 186 Å². The minimum atomic E-state index is -4.58. The molecule has 0 fully saturated rings. The number of quaternary nitrogens is 1. The monoisotopic (exact) mass is 799 g/mol. The summed E-state index contributed by atoms with van der Waals surface area (Å²) in [6.45, 7) is 4.64. The van der Waals surface area contributed by atoms with Gasteiger partial charge in [0.05, 0.1) is 39.9 Å². The Kier molecular flexibility index (Phi) is 37.8. The van der Waals surface area contributed by atoms with E-state index in [2.05, 4.69) is 31.3 Å². The molecule has 2 N–H and O–H groups in total. The number of likely N-dealkylation sites (N-methyl/N-ethyl adjacent to an activating group) is 1. The molecule has 1 amide bonds. The van der Waals surface area contributed by atoms with E-state index in [0.29, 0.717) is 17.4 Å². The van der Waals surface area contributed by atoms with Gasteiger partial charge >= 0.3 is 0 Å². The Balaban J connectivity index is 4.31. The maximum Gasteiger partial charge on any atom is 0.268 e. The Labute approximate surface area is 341 Å². The predicted octanol–water partition coefficient (Wildman–Crippen LogP) is 12.3. The van der Waals surface area contributed by atoms with Crippen molar-refractivity contribution in [3.05, 3.63) is 24.3 Å². The number of nitrogens with one attached hydrogen (secondary N) is 1. The van der Waals surface area contributed by atoms with Gasteiger partial charge < -0.3 is 28.8 Å². The van der Waals surface area contributed by atoms with Crippen LogP contribution in [0.1, 0.15) is 213 Å². The fourth-order valence-corrected chi connectivity index (χ4v) is 7.40. The molecule has 0 aromatic carbocycles. The van der Waals surface area contributed by atoms with Gasteiger partial charge in [-0.25, -0.2) is 0 Å². The van der Waals surface area contributed by atoms with Gasteiger partial charge in [-0.15, -0.1) is 0 Å². The van der Waals surface area contributed by atoms with Crippen LogP contribution in [0.2, 0.25) is 0 Å². The van der Waals surface area contributed by atoms with Gasteiger partial charge in [-0.3, -0.25) is 9.36 Å². The Morgan fingerprint density at radius 1 is 0.618 bits per heavy atom. The molecule has 0 spiro atoms. The zero-order chi connectivity index (χ0) is 40.7. The third-order valence-corrected chi connectivity index (χ3v) is 11.4. The van der Waals surface area contributed by atoms with Gasteiger partial charge in [0.2, 0.25) is 5.91 Å². The topological polar surface area (TPSA) is 108 Å². The fraction of sp³-hybridized carbons (Fsp3) is 0.891. The summed E-state index contributed by atoms with van der Waals surface area (Å²) in [5, 5.41) is 13.8. The summed E-state index contributed by atoms with van der Waals surface area (Å²) in [5.41, 5.74) is 0. The lowest BCUT2D eigenvalue weighted by Crippen LogP contribution is -2.45. The number of aliphatic hydroxyl groups excluding tert-OH is 1. The van der Waals surface area contributed by atoms with Gasteiger partial charge in [0.15, 0.2) is 0 Å². The lowest BCUT2D eigenvalue weighted by molar-refractivity contribution is -0.870. The molecule has 0 aromatic rings. The quantitative estimate of drug-likeness (QED) is 0.0276. The van der Waals surface area contributed by atoms with Crippen molar-refractivity contribution < 1.29 is 32.9 Å². The van der Waals surface area contributed by atoms with E-state index in [1.54, 1.807) is 6.08 Å². The molecule has 326 valence electrons. The number of amides is 1. The number of phosphoric acid groups is 1. The van der Waals surface area contributed by atoms with E-state index >= 15 is 0 Å². The summed E-state index contributed by atoms with van der Waals surface area (Å²) < 4.78 is 23.2. The molecule has 0 saturated carbocycles. The van der Waals surface area contributed by atoms with E-state index in [1.807, 2.05) is 27.2 Å². The smallest absolute Gasteiger partial charge is 0.268 e. The highest BCUT2D eigenvalue weighted by atomic mass is 31.2. The number of aliphatic hydroxyl groups is 1. The third-order valence-electron chi connectivity index (χ3n) is 10.4. The zero-order valence-corrected chi connectivity index (χ0v) is 37.8. The van der Waals surface area contributed by atoms with E-state index in [0.717, 1.165) is 38.5 Å². The second kappa shape index (κ2) is 38.5. The maximum absolute atomic E-state index is 12.9. The van der Waals surface area contributed by atoms with Crippen LogP contribution in [0.4, 0.5) is 0 Å². The Morgan fingerprint density at radius 2 is 1.00 bits per heavy atom. The molecule has 9 heteroatoms. The normalized spacial score (nSPS) is 14.5. The van der Waals surface area contributed by atoms with Crippen molar-refractivity contribution >= 4 is 13.7 Å². The van der Waals surface area contributed by atoms with E-state index in [4.69, 9.17) is 9.05 Å². The van der Waals surface area contributed by atoms with Gasteiger partial charge in [0, 0.05) is 6.42 Å². The van der Waals surface area contributed by atoms with Gasteiger partial charge in [0.25, 0.3) is 7.82 Å². The standard InChI is InChI=1S/C46H91N2O6P/c1-6-8-10-12-14-16-18-20-21-22-23-24-25-26-27-28-30-32-34-36-38-40-46(50)47-44(43-54-55(51,52)53-42-41-48(3,4)5)45(49)39-37-35-33-31-29-19-17-15-13-11-9-7-2/h24-25,37,39,44-45,49H,6-23,26-36,38,40-43H2,1-5H3,(H-,47,50,51,52)/b25-24-,39-37+. The summed E-state index contributed by atoms with van der Waals surface area (Å²) in [6, 6.07) is -0.885. The number of allylic oxidation sites excluding steroid dienone is 3. The third kappa shape index (κ3) is 41.0. The van der Waals surface area contributed by atoms with Crippen molar-refractivity contribution in [2.45, 2.75) is 225 Å². The molecular weight excluding hydrogens is 707 g/mol. The van der Waals surface area contributed by atoms with E-state index in [9.17, 15) is 19.4 Å². The average molecular weight is 799 g/mol. The van der Waals surface area contributed by atoms with Crippen molar-refractivity contribution in [3.8, 4) is 0 Å². The Morgan fingerprint density at radius 3 is 1.42 bits per heavy atom. The van der Waals surface area contributed by atoms with Gasteiger partial charge in [0.1, 0.15) is 13.2 Å². The van der Waals surface area contributed by atoms with Crippen LogP contribution < -0.4 is 10.2 Å². The van der Waals surface area contributed by atoms with E-state index in [1.165, 1.54) is 154 Å². The molecule has 0 saturated heterocycles. The first kappa shape index (κ1) is 54.0. The molecule has 3 atom stereocenters. The summed E-state index contributed by atoms with van der Waals surface area (Å²) in [6.07, 6.45) is 45.1. The lowest BCUT2D eigenvalue weighted by Gasteiger charge is -2.29. The number of nitrogens with zero attached hydrogens (tertiary/aromatic N) is 1.